The van der Waals surface area contributed by atoms with E-state index in [0.29, 0.717) is 11.7 Å². The molecule has 0 unspecified atom stereocenters. The Balaban J connectivity index is 2.34. The highest BCUT2D eigenvalue weighted by Crippen LogP contribution is 2.14. The molecule has 0 spiro atoms. The maximum atomic E-state index is 5.17. The van der Waals surface area contributed by atoms with Gasteiger partial charge in [0.25, 0.3) is 0 Å². The lowest BCUT2D eigenvalue weighted by Crippen LogP contribution is -2.35. The second-order valence-electron chi connectivity index (χ2n) is 3.74. The molecule has 0 radical (unpaired) electrons. The van der Waals surface area contributed by atoms with Crippen LogP contribution in [0.2, 0.25) is 0 Å². The van der Waals surface area contributed by atoms with Crippen molar-refractivity contribution in [3.05, 3.63) is 16.4 Å². The molecule has 0 aromatic carbocycles. The quantitative estimate of drug-likeness (QED) is 0.624. The van der Waals surface area contributed by atoms with E-state index in [2.05, 4.69) is 45.5 Å². The summed E-state index contributed by atoms with van der Waals surface area (Å²) >= 11 is 8.66. The molecule has 0 aliphatic heterocycles. The van der Waals surface area contributed by atoms with Gasteiger partial charge in [-0.15, -0.1) is 0 Å². The smallest absolute Gasteiger partial charge is 0.166 e. The summed E-state index contributed by atoms with van der Waals surface area (Å²) in [6.45, 7) is 6.66. The average Bonchev–Trinajstić information content (AvgIpc) is 2.68. The third-order valence-electron chi connectivity index (χ3n) is 2.34. The molecule has 6 heteroatoms. The van der Waals surface area contributed by atoms with E-state index in [9.17, 15) is 0 Å². The van der Waals surface area contributed by atoms with Gasteiger partial charge in [0.15, 0.2) is 5.11 Å². The van der Waals surface area contributed by atoms with Gasteiger partial charge in [-0.25, -0.2) is 0 Å². The molecule has 0 amide bonds. The Morgan fingerprint density at radius 3 is 2.82 bits per heavy atom. The van der Waals surface area contributed by atoms with Crippen molar-refractivity contribution < 1.29 is 0 Å². The van der Waals surface area contributed by atoms with Gasteiger partial charge in [0, 0.05) is 19.3 Å². The number of thiocarbonyl (C=S) groups is 1. The molecule has 0 aliphatic carbocycles. The second-order valence-corrected chi connectivity index (χ2v) is 5.01. The molecule has 1 rings (SSSR count). The molecule has 0 aliphatic rings. The molecule has 2 N–H and O–H groups in total. The van der Waals surface area contributed by atoms with Gasteiger partial charge < -0.3 is 10.6 Å². The molecule has 0 saturated carbocycles. The second kappa shape index (κ2) is 7.66. The van der Waals surface area contributed by atoms with E-state index in [-0.39, 0.29) is 0 Å². The van der Waals surface area contributed by atoms with Crippen LogP contribution < -0.4 is 10.6 Å². The first kappa shape index (κ1) is 14.4. The number of aryl methyl sites for hydroxylation is 1. The summed E-state index contributed by atoms with van der Waals surface area (Å²) in [7, 11) is 0. The van der Waals surface area contributed by atoms with E-state index < -0.39 is 0 Å². The molecule has 17 heavy (non-hydrogen) atoms. The summed E-state index contributed by atoms with van der Waals surface area (Å²) in [4.78, 5) is 0. The minimum Gasteiger partial charge on any atom is -0.363 e. The minimum atomic E-state index is 0.644. The van der Waals surface area contributed by atoms with Gasteiger partial charge in [0.2, 0.25) is 0 Å². The van der Waals surface area contributed by atoms with Crippen molar-refractivity contribution in [3.63, 3.8) is 0 Å². The third-order valence-corrected chi connectivity index (χ3v) is 3.29. The van der Waals surface area contributed by atoms with Gasteiger partial charge in [0.1, 0.15) is 0 Å². The molecule has 96 valence electrons. The zero-order chi connectivity index (χ0) is 12.7. The fourth-order valence-electron chi connectivity index (χ4n) is 1.32. The number of nitrogens with zero attached hydrogens (tertiary/aromatic N) is 2. The highest BCUT2D eigenvalue weighted by Gasteiger charge is 2.05. The van der Waals surface area contributed by atoms with E-state index in [1.165, 1.54) is 6.42 Å². The van der Waals surface area contributed by atoms with Crippen LogP contribution in [0.25, 0.3) is 0 Å². The number of hydrogen-bond donors (Lipinski definition) is 2. The number of nitrogens with one attached hydrogen (secondary N) is 2. The Hall–Kier alpha value is -0.620. The molecule has 0 fully saturated rings. The fraction of sp³-hybridized carbons (Fsp3) is 0.636. The average molecular weight is 319 g/mol. The van der Waals surface area contributed by atoms with E-state index in [1.807, 2.05) is 10.9 Å². The lowest BCUT2D eigenvalue weighted by atomic mass is 10.3. The van der Waals surface area contributed by atoms with Crippen molar-refractivity contribution in [2.75, 3.05) is 6.54 Å². The van der Waals surface area contributed by atoms with Crippen LogP contribution in [0, 0.1) is 0 Å². The Morgan fingerprint density at radius 1 is 1.47 bits per heavy atom. The first-order chi connectivity index (χ1) is 8.17. The van der Waals surface area contributed by atoms with Crippen LogP contribution in [0.3, 0.4) is 0 Å². The first-order valence-corrected chi connectivity index (χ1v) is 7.11. The van der Waals surface area contributed by atoms with E-state index in [0.717, 1.165) is 29.7 Å². The predicted molar refractivity (Wildman–Crippen MR) is 77.9 cm³/mol. The SMILES string of the molecule is CCCCNC(=S)NCc1nn(CC)cc1Br. The van der Waals surface area contributed by atoms with Crippen molar-refractivity contribution in [2.45, 2.75) is 39.8 Å². The van der Waals surface area contributed by atoms with Crippen LogP contribution in [-0.4, -0.2) is 21.4 Å². The number of unbranched alkanes of at least 4 members (excludes halogenated alkanes) is 1. The highest BCUT2D eigenvalue weighted by atomic mass is 79.9. The molecule has 0 saturated heterocycles. The normalized spacial score (nSPS) is 10.3. The predicted octanol–water partition coefficient (Wildman–Crippen LogP) is 2.43. The van der Waals surface area contributed by atoms with Crippen LogP contribution >= 0.6 is 28.1 Å². The van der Waals surface area contributed by atoms with Crippen LogP contribution in [0.5, 0.6) is 0 Å². The number of aromatic nitrogens is 2. The molecular weight excluding hydrogens is 300 g/mol. The van der Waals surface area contributed by atoms with E-state index >= 15 is 0 Å². The lowest BCUT2D eigenvalue weighted by molar-refractivity contribution is 0.641. The summed E-state index contributed by atoms with van der Waals surface area (Å²) < 4.78 is 2.91. The molecule has 4 nitrogen and oxygen atoms in total. The zero-order valence-corrected chi connectivity index (χ0v) is 12.7. The molecule has 1 heterocycles. The molecule has 0 atom stereocenters. The van der Waals surface area contributed by atoms with Gasteiger partial charge in [0.05, 0.1) is 16.7 Å². The monoisotopic (exact) mass is 318 g/mol. The fourth-order valence-corrected chi connectivity index (χ4v) is 1.95. The van der Waals surface area contributed by atoms with E-state index in [4.69, 9.17) is 12.2 Å². The van der Waals surface area contributed by atoms with Crippen molar-refractivity contribution in [1.29, 1.82) is 0 Å². The largest absolute Gasteiger partial charge is 0.363 e. The van der Waals surface area contributed by atoms with Crippen molar-refractivity contribution >= 4 is 33.3 Å². The lowest BCUT2D eigenvalue weighted by Gasteiger charge is -2.08. The number of hydrogen-bond acceptors (Lipinski definition) is 2. The summed E-state index contributed by atoms with van der Waals surface area (Å²) in [5, 5.41) is 11.4. The van der Waals surface area contributed by atoms with Gasteiger partial charge in [-0.1, -0.05) is 13.3 Å². The Morgan fingerprint density at radius 2 is 2.24 bits per heavy atom. The minimum absolute atomic E-state index is 0.644. The Bertz CT molecular complexity index is 364. The molecule has 1 aromatic heterocycles. The summed E-state index contributed by atoms with van der Waals surface area (Å²) in [5.41, 5.74) is 0.978. The summed E-state index contributed by atoms with van der Waals surface area (Å²) in [6, 6.07) is 0. The summed E-state index contributed by atoms with van der Waals surface area (Å²) in [5.74, 6) is 0. The van der Waals surface area contributed by atoms with Crippen LogP contribution in [-0.2, 0) is 13.1 Å². The topological polar surface area (TPSA) is 41.9 Å². The van der Waals surface area contributed by atoms with Gasteiger partial charge in [-0.2, -0.15) is 5.10 Å². The Kier molecular flexibility index (Phi) is 6.50. The number of halogens is 1. The third kappa shape index (κ3) is 5.04. The maximum Gasteiger partial charge on any atom is 0.166 e. The summed E-state index contributed by atoms with van der Waals surface area (Å²) in [6.07, 6.45) is 4.28. The van der Waals surface area contributed by atoms with Gasteiger partial charge in [-0.05, 0) is 41.5 Å². The number of rotatable bonds is 6. The van der Waals surface area contributed by atoms with Crippen LogP contribution in [0.4, 0.5) is 0 Å². The molecule has 0 bridgehead atoms. The standard InChI is InChI=1S/C11H19BrN4S/c1-3-5-6-13-11(17)14-7-10-9(12)8-16(4-2)15-10/h8H,3-7H2,1-2H3,(H2,13,14,17). The van der Waals surface area contributed by atoms with Gasteiger partial charge >= 0.3 is 0 Å². The molecule has 1 aromatic rings. The van der Waals surface area contributed by atoms with Crippen molar-refractivity contribution in [2.24, 2.45) is 0 Å². The first-order valence-electron chi connectivity index (χ1n) is 5.90. The van der Waals surface area contributed by atoms with Crippen LogP contribution in [0.1, 0.15) is 32.4 Å². The molecular formula is C11H19BrN4S. The van der Waals surface area contributed by atoms with Crippen molar-refractivity contribution in [1.82, 2.24) is 20.4 Å². The van der Waals surface area contributed by atoms with Gasteiger partial charge in [-0.3, -0.25) is 4.68 Å². The Labute approximate surface area is 116 Å². The van der Waals surface area contributed by atoms with E-state index in [1.54, 1.807) is 0 Å². The zero-order valence-electron chi connectivity index (χ0n) is 10.3. The highest BCUT2D eigenvalue weighted by molar-refractivity contribution is 9.10. The van der Waals surface area contributed by atoms with Crippen LogP contribution in [0.15, 0.2) is 10.7 Å². The van der Waals surface area contributed by atoms with Crippen molar-refractivity contribution in [3.8, 4) is 0 Å². The maximum absolute atomic E-state index is 5.17.